The van der Waals surface area contributed by atoms with Crippen LogP contribution < -0.4 is 0 Å². The van der Waals surface area contributed by atoms with E-state index < -0.39 is 42.4 Å². The molecule has 2 aromatic rings. The molecule has 0 radical (unpaired) electrons. The summed E-state index contributed by atoms with van der Waals surface area (Å²) in [5.74, 6) is 0. The maximum atomic E-state index is 14.3. The number of sulfone groups is 2. The van der Waals surface area contributed by atoms with Crippen LogP contribution >= 0.6 is 0 Å². The van der Waals surface area contributed by atoms with E-state index in [-0.39, 0.29) is 4.90 Å². The maximum absolute atomic E-state index is 14.3. The van der Waals surface area contributed by atoms with Gasteiger partial charge in [0.2, 0.25) is 0 Å². The van der Waals surface area contributed by atoms with Crippen molar-refractivity contribution in [2.45, 2.75) is 80.0 Å². The Labute approximate surface area is 208 Å². The van der Waals surface area contributed by atoms with Crippen LogP contribution in [-0.2, 0) is 29.1 Å². The first-order valence-corrected chi connectivity index (χ1v) is 15.3. The summed E-state index contributed by atoms with van der Waals surface area (Å²) in [7, 11) is -8.52. The minimum atomic E-state index is -4.30. The summed E-state index contributed by atoms with van der Waals surface area (Å²) < 4.78 is 67.2. The van der Waals surface area contributed by atoms with Gasteiger partial charge in [0, 0.05) is 18.6 Å². The molecule has 0 heterocycles. The lowest BCUT2D eigenvalue weighted by atomic mass is 9.93. The van der Waals surface area contributed by atoms with Crippen LogP contribution in [0.5, 0.6) is 0 Å². The van der Waals surface area contributed by atoms with Crippen molar-refractivity contribution < 1.29 is 31.1 Å². The van der Waals surface area contributed by atoms with Crippen LogP contribution in [0.3, 0.4) is 0 Å². The summed E-state index contributed by atoms with van der Waals surface area (Å²) in [6.45, 7) is 4.62. The molecule has 192 valence electrons. The Kier molecular flexibility index (Phi) is 9.61. The van der Waals surface area contributed by atoms with Gasteiger partial charge in [-0.2, -0.15) is 4.79 Å². The van der Waals surface area contributed by atoms with Crippen LogP contribution in [0.4, 0.5) is 0 Å². The van der Waals surface area contributed by atoms with Gasteiger partial charge in [0.05, 0.1) is 17.1 Å². The van der Waals surface area contributed by atoms with E-state index >= 15 is 0 Å². The number of hydrogen-bond acceptors (Lipinski definition) is 6. The minimum absolute atomic E-state index is 0.0556. The predicted molar refractivity (Wildman–Crippen MR) is 136 cm³/mol. The summed E-state index contributed by atoms with van der Waals surface area (Å²) in [6, 6.07) is 12.1. The molecule has 0 saturated heterocycles. The Bertz CT molecular complexity index is 1250. The fourth-order valence-corrected chi connectivity index (χ4v) is 9.25. The molecule has 1 aliphatic carbocycles. The van der Waals surface area contributed by atoms with Gasteiger partial charge in [0.15, 0.2) is 9.84 Å². The van der Waals surface area contributed by atoms with Gasteiger partial charge in [-0.25, -0.2) is 16.8 Å². The minimum Gasteiger partial charge on any atom is -0.377 e. The zero-order valence-corrected chi connectivity index (χ0v) is 21.9. The van der Waals surface area contributed by atoms with Crippen LogP contribution in [0.25, 0.3) is 16.3 Å². The molecule has 1 fully saturated rings. The van der Waals surface area contributed by atoms with E-state index in [1.807, 2.05) is 32.0 Å². The molecule has 0 spiro atoms. The van der Waals surface area contributed by atoms with Crippen molar-refractivity contribution in [2.75, 3.05) is 13.2 Å². The topological polar surface area (TPSA) is 123 Å². The van der Waals surface area contributed by atoms with E-state index in [4.69, 9.17) is 15.0 Å². The standard InChI is InChI=1S/C25H34N2O6S2/c1-3-5-16-32-21-14-15-22(33-17-6-4-2)25(24(21)34(28,29)18-27-26)35(30,31)23-13-9-11-19-10-7-8-12-20(19)23/h7-13,18,21-22,24-25H,3-6,14-17H2,1-2H3. The van der Waals surface area contributed by atoms with E-state index in [1.54, 1.807) is 18.2 Å². The van der Waals surface area contributed by atoms with E-state index in [0.29, 0.717) is 43.4 Å². The van der Waals surface area contributed by atoms with Gasteiger partial charge in [0.25, 0.3) is 9.84 Å². The number of hydrogen-bond donors (Lipinski definition) is 0. The Balaban J connectivity index is 2.18. The summed E-state index contributed by atoms with van der Waals surface area (Å²) in [4.78, 5) is 2.80. The number of benzene rings is 2. The zero-order valence-electron chi connectivity index (χ0n) is 20.2. The smallest absolute Gasteiger partial charge is 0.370 e. The Morgan fingerprint density at radius 1 is 0.886 bits per heavy atom. The van der Waals surface area contributed by atoms with Crippen molar-refractivity contribution in [3.63, 3.8) is 0 Å². The normalized spacial score (nSPS) is 23.1. The van der Waals surface area contributed by atoms with E-state index in [1.165, 1.54) is 6.07 Å². The summed E-state index contributed by atoms with van der Waals surface area (Å²) in [6.07, 6.45) is 2.10. The van der Waals surface area contributed by atoms with Crippen molar-refractivity contribution in [1.29, 1.82) is 0 Å². The van der Waals surface area contributed by atoms with Crippen LogP contribution in [0.2, 0.25) is 0 Å². The lowest BCUT2D eigenvalue weighted by Gasteiger charge is -2.40. The van der Waals surface area contributed by atoms with Crippen LogP contribution in [0, 0.1) is 0 Å². The number of ether oxygens (including phenoxy) is 2. The molecule has 1 saturated carbocycles. The average molecular weight is 523 g/mol. The quantitative estimate of drug-likeness (QED) is 0.135. The number of fused-ring (bicyclic) bond motifs is 1. The van der Waals surface area contributed by atoms with Gasteiger partial charge in [-0.15, -0.1) is 0 Å². The van der Waals surface area contributed by atoms with Gasteiger partial charge in [-0.3, -0.25) is 0 Å². The second kappa shape index (κ2) is 12.2. The van der Waals surface area contributed by atoms with Gasteiger partial charge < -0.3 is 15.0 Å². The maximum Gasteiger partial charge on any atom is 0.370 e. The highest BCUT2D eigenvalue weighted by Crippen LogP contribution is 2.38. The monoisotopic (exact) mass is 522 g/mol. The van der Waals surface area contributed by atoms with Crippen LogP contribution in [-0.4, -0.2) is 63.1 Å². The fourth-order valence-electron chi connectivity index (χ4n) is 4.70. The number of unbranched alkanes of at least 4 members (excludes halogenated alkanes) is 2. The molecule has 35 heavy (non-hydrogen) atoms. The zero-order chi connectivity index (χ0) is 25.5. The first-order valence-electron chi connectivity index (χ1n) is 12.1. The van der Waals surface area contributed by atoms with Crippen molar-refractivity contribution in [3.8, 4) is 0 Å². The molecule has 0 bridgehead atoms. The third-order valence-electron chi connectivity index (χ3n) is 6.44. The molecule has 0 aromatic heterocycles. The average Bonchev–Trinajstić information content (AvgIpc) is 2.84. The molecule has 4 atom stereocenters. The highest BCUT2D eigenvalue weighted by molar-refractivity contribution is 8.05. The highest BCUT2D eigenvalue weighted by Gasteiger charge is 2.55. The SMILES string of the molecule is CCCCOC1CCC(OCCCC)C(S(=O)(=O)c2cccc3ccccc23)C1S(=O)(=O)C=[N+]=[N-]. The van der Waals surface area contributed by atoms with Crippen LogP contribution in [0.1, 0.15) is 52.4 Å². The first kappa shape index (κ1) is 27.5. The van der Waals surface area contributed by atoms with Crippen molar-refractivity contribution in [2.24, 2.45) is 0 Å². The second-order valence-electron chi connectivity index (χ2n) is 8.86. The largest absolute Gasteiger partial charge is 0.377 e. The second-order valence-corrected chi connectivity index (χ2v) is 12.9. The predicted octanol–water partition coefficient (Wildman–Crippen LogP) is 4.19. The van der Waals surface area contributed by atoms with Crippen molar-refractivity contribution in [1.82, 2.24) is 0 Å². The molecule has 0 amide bonds. The summed E-state index contributed by atoms with van der Waals surface area (Å²) in [5.41, 5.74) is 9.51. The Hall–Kier alpha value is -2.10. The van der Waals surface area contributed by atoms with Gasteiger partial charge in [-0.05, 0) is 37.1 Å². The molecule has 10 heteroatoms. The van der Waals surface area contributed by atoms with E-state index in [0.717, 1.165) is 24.6 Å². The highest BCUT2D eigenvalue weighted by atomic mass is 32.2. The van der Waals surface area contributed by atoms with Crippen LogP contribution in [0.15, 0.2) is 47.4 Å². The summed E-state index contributed by atoms with van der Waals surface area (Å²) >= 11 is 0. The third kappa shape index (κ3) is 6.19. The molecular weight excluding hydrogens is 488 g/mol. The molecular formula is C25H34N2O6S2. The molecule has 4 unspecified atom stereocenters. The third-order valence-corrected chi connectivity index (χ3v) is 10.6. The number of nitrogens with zero attached hydrogens (tertiary/aromatic N) is 2. The van der Waals surface area contributed by atoms with Gasteiger partial charge in [0.1, 0.15) is 10.5 Å². The van der Waals surface area contributed by atoms with Gasteiger partial charge >= 0.3 is 5.55 Å². The van der Waals surface area contributed by atoms with E-state index in [9.17, 15) is 16.8 Å². The number of rotatable bonds is 12. The molecule has 0 N–H and O–H groups in total. The molecule has 3 rings (SSSR count). The Morgan fingerprint density at radius 2 is 1.46 bits per heavy atom. The fraction of sp³-hybridized carbons (Fsp3) is 0.560. The van der Waals surface area contributed by atoms with Crippen molar-refractivity contribution >= 4 is 36.0 Å². The lowest BCUT2D eigenvalue weighted by molar-refractivity contribution is -0.0277. The molecule has 0 aliphatic heterocycles. The Morgan fingerprint density at radius 3 is 2.06 bits per heavy atom. The van der Waals surface area contributed by atoms with Crippen molar-refractivity contribution in [3.05, 3.63) is 48.0 Å². The molecule has 1 aliphatic rings. The first-order chi connectivity index (χ1) is 16.8. The lowest BCUT2D eigenvalue weighted by Crippen LogP contribution is -2.58. The summed E-state index contributed by atoms with van der Waals surface area (Å²) in [5, 5.41) is -1.64. The van der Waals surface area contributed by atoms with Gasteiger partial charge in [-0.1, -0.05) is 63.1 Å². The molecule has 8 nitrogen and oxygen atoms in total. The van der Waals surface area contributed by atoms with E-state index in [2.05, 4.69) is 4.79 Å². The molecule has 2 aromatic carbocycles.